The number of methoxy groups -OCH3 is 1. The molecule has 1 aromatic carbocycles. The van der Waals surface area contributed by atoms with Gasteiger partial charge in [0.15, 0.2) is 0 Å². The molecule has 0 saturated heterocycles. The summed E-state index contributed by atoms with van der Waals surface area (Å²) in [6, 6.07) is 5.99. The van der Waals surface area contributed by atoms with Gasteiger partial charge in [0, 0.05) is 25.2 Å². The fraction of sp³-hybridized carbons (Fsp3) is 0.538. The topological polar surface area (TPSA) is 32.7 Å². The lowest BCUT2D eigenvalue weighted by Gasteiger charge is -2.20. The number of aliphatic hydroxyl groups is 1. The van der Waals surface area contributed by atoms with Crippen LogP contribution in [0, 0.1) is 6.92 Å². The van der Waals surface area contributed by atoms with E-state index in [9.17, 15) is 5.11 Å². The van der Waals surface area contributed by atoms with Crippen LogP contribution in [0.5, 0.6) is 0 Å². The van der Waals surface area contributed by atoms with E-state index in [0.29, 0.717) is 13.2 Å². The highest BCUT2D eigenvalue weighted by molar-refractivity contribution is 6.31. The van der Waals surface area contributed by atoms with Crippen molar-refractivity contribution in [1.82, 2.24) is 4.90 Å². The molecule has 0 spiro atoms. The molecule has 0 bridgehead atoms. The minimum Gasteiger partial charge on any atom is -0.389 e. The molecule has 0 saturated carbocycles. The van der Waals surface area contributed by atoms with Crippen LogP contribution >= 0.6 is 11.6 Å². The Hall–Kier alpha value is -0.610. The van der Waals surface area contributed by atoms with Gasteiger partial charge in [-0.05, 0) is 31.2 Å². The maximum atomic E-state index is 9.61. The van der Waals surface area contributed by atoms with Crippen LogP contribution in [0.4, 0.5) is 0 Å². The molecule has 3 nitrogen and oxygen atoms in total. The minimum atomic E-state index is -0.446. The van der Waals surface area contributed by atoms with Crippen molar-refractivity contribution in [3.8, 4) is 0 Å². The van der Waals surface area contributed by atoms with E-state index in [1.54, 1.807) is 7.11 Å². The van der Waals surface area contributed by atoms with Crippen LogP contribution in [0.1, 0.15) is 11.1 Å². The first-order chi connectivity index (χ1) is 8.02. The summed E-state index contributed by atoms with van der Waals surface area (Å²) in [4.78, 5) is 2.06. The molecule has 0 radical (unpaired) electrons. The zero-order valence-electron chi connectivity index (χ0n) is 10.6. The van der Waals surface area contributed by atoms with Crippen molar-refractivity contribution in [2.24, 2.45) is 0 Å². The zero-order chi connectivity index (χ0) is 12.8. The lowest BCUT2D eigenvalue weighted by Crippen LogP contribution is -2.31. The monoisotopic (exact) mass is 257 g/mol. The number of hydrogen-bond acceptors (Lipinski definition) is 3. The van der Waals surface area contributed by atoms with Crippen LogP contribution < -0.4 is 0 Å². The van der Waals surface area contributed by atoms with Gasteiger partial charge in [-0.2, -0.15) is 0 Å². The van der Waals surface area contributed by atoms with E-state index in [1.807, 2.05) is 26.1 Å². The van der Waals surface area contributed by atoms with Gasteiger partial charge in [-0.15, -0.1) is 0 Å². The van der Waals surface area contributed by atoms with E-state index in [-0.39, 0.29) is 0 Å². The predicted molar refractivity (Wildman–Crippen MR) is 70.4 cm³/mol. The molecule has 96 valence electrons. The summed E-state index contributed by atoms with van der Waals surface area (Å²) in [5.74, 6) is 0. The third-order valence-electron chi connectivity index (χ3n) is 2.56. The summed E-state index contributed by atoms with van der Waals surface area (Å²) in [5.41, 5.74) is 2.27. The van der Waals surface area contributed by atoms with Crippen molar-refractivity contribution < 1.29 is 9.84 Å². The molecule has 0 aromatic heterocycles. The molecule has 1 atom stereocenters. The van der Waals surface area contributed by atoms with Crippen LogP contribution in [0.2, 0.25) is 5.02 Å². The summed E-state index contributed by atoms with van der Waals surface area (Å²) in [7, 11) is 3.56. The lowest BCUT2D eigenvalue weighted by molar-refractivity contribution is 0.0419. The van der Waals surface area contributed by atoms with Crippen molar-refractivity contribution in [3.05, 3.63) is 34.3 Å². The highest BCUT2D eigenvalue weighted by atomic mass is 35.5. The van der Waals surface area contributed by atoms with Gasteiger partial charge in [0.2, 0.25) is 0 Å². The fourth-order valence-corrected chi connectivity index (χ4v) is 1.90. The number of benzene rings is 1. The van der Waals surface area contributed by atoms with Crippen LogP contribution in [-0.2, 0) is 11.3 Å². The Kier molecular flexibility index (Phi) is 5.92. The highest BCUT2D eigenvalue weighted by Gasteiger charge is 2.08. The number of hydrogen-bond donors (Lipinski definition) is 1. The van der Waals surface area contributed by atoms with Crippen molar-refractivity contribution in [1.29, 1.82) is 0 Å². The number of aliphatic hydroxyl groups excluding tert-OH is 1. The molecule has 1 aromatic rings. The van der Waals surface area contributed by atoms with Gasteiger partial charge in [0.1, 0.15) is 0 Å². The summed E-state index contributed by atoms with van der Waals surface area (Å²) in [6.07, 6.45) is -0.446. The standard InChI is InChI=1S/C13H20ClNO2/c1-10-6-11(4-5-13(10)14)7-15(2)8-12(16)9-17-3/h4-6,12,16H,7-9H2,1-3H3/t12-/m0/s1. The van der Waals surface area contributed by atoms with Crippen molar-refractivity contribution in [2.45, 2.75) is 19.6 Å². The van der Waals surface area contributed by atoms with Gasteiger partial charge < -0.3 is 9.84 Å². The first-order valence-corrected chi connectivity index (χ1v) is 6.01. The number of halogens is 1. The van der Waals surface area contributed by atoms with Gasteiger partial charge in [-0.1, -0.05) is 23.7 Å². The Bertz CT molecular complexity index is 357. The molecule has 4 heteroatoms. The maximum absolute atomic E-state index is 9.61. The number of likely N-dealkylation sites (N-methyl/N-ethyl adjacent to an activating group) is 1. The molecule has 1 N–H and O–H groups in total. The zero-order valence-corrected chi connectivity index (χ0v) is 11.4. The lowest BCUT2D eigenvalue weighted by atomic mass is 10.1. The Morgan fingerprint density at radius 2 is 2.18 bits per heavy atom. The molecule has 0 aliphatic carbocycles. The van der Waals surface area contributed by atoms with Crippen molar-refractivity contribution >= 4 is 11.6 Å². The highest BCUT2D eigenvalue weighted by Crippen LogP contribution is 2.17. The SMILES string of the molecule is COC[C@@H](O)CN(C)Cc1ccc(Cl)c(C)c1. The molecule has 0 fully saturated rings. The Morgan fingerprint density at radius 3 is 2.76 bits per heavy atom. The largest absolute Gasteiger partial charge is 0.389 e. The van der Waals surface area contributed by atoms with Gasteiger partial charge in [0.25, 0.3) is 0 Å². The van der Waals surface area contributed by atoms with Crippen LogP contribution in [0.25, 0.3) is 0 Å². The summed E-state index contributed by atoms with van der Waals surface area (Å²) in [5, 5.41) is 10.4. The average molecular weight is 258 g/mol. The molecule has 0 heterocycles. The number of nitrogens with zero attached hydrogens (tertiary/aromatic N) is 1. The normalized spacial score (nSPS) is 13.1. The Morgan fingerprint density at radius 1 is 1.47 bits per heavy atom. The van der Waals surface area contributed by atoms with E-state index >= 15 is 0 Å². The molecule has 0 aliphatic rings. The first kappa shape index (κ1) is 14.5. The maximum Gasteiger partial charge on any atom is 0.0900 e. The fourth-order valence-electron chi connectivity index (χ4n) is 1.79. The smallest absolute Gasteiger partial charge is 0.0900 e. The van der Waals surface area contributed by atoms with Gasteiger partial charge >= 0.3 is 0 Å². The van der Waals surface area contributed by atoms with E-state index in [4.69, 9.17) is 16.3 Å². The van der Waals surface area contributed by atoms with Gasteiger partial charge in [-0.25, -0.2) is 0 Å². The van der Waals surface area contributed by atoms with Crippen LogP contribution in [0.3, 0.4) is 0 Å². The minimum absolute atomic E-state index is 0.365. The summed E-state index contributed by atoms with van der Waals surface area (Å²) in [6.45, 7) is 3.74. The second-order valence-corrected chi connectivity index (χ2v) is 4.80. The van der Waals surface area contributed by atoms with Gasteiger partial charge in [0.05, 0.1) is 12.7 Å². The van der Waals surface area contributed by atoms with Gasteiger partial charge in [-0.3, -0.25) is 4.90 Å². The second kappa shape index (κ2) is 6.97. The van der Waals surface area contributed by atoms with Crippen LogP contribution in [0.15, 0.2) is 18.2 Å². The number of ether oxygens (including phenoxy) is 1. The van der Waals surface area contributed by atoms with Crippen LogP contribution in [-0.4, -0.2) is 43.4 Å². The van der Waals surface area contributed by atoms with Crippen molar-refractivity contribution in [3.63, 3.8) is 0 Å². The molecular weight excluding hydrogens is 238 g/mol. The second-order valence-electron chi connectivity index (χ2n) is 4.39. The summed E-state index contributed by atoms with van der Waals surface area (Å²) < 4.78 is 4.90. The number of rotatable bonds is 6. The molecule has 1 rings (SSSR count). The predicted octanol–water partition coefficient (Wildman–Crippen LogP) is 2.09. The first-order valence-electron chi connectivity index (χ1n) is 5.63. The third-order valence-corrected chi connectivity index (χ3v) is 2.98. The third kappa shape index (κ3) is 5.04. The molecule has 17 heavy (non-hydrogen) atoms. The molecular formula is C13H20ClNO2. The van der Waals surface area contributed by atoms with E-state index in [1.165, 1.54) is 5.56 Å². The molecule has 0 amide bonds. The van der Waals surface area contributed by atoms with E-state index < -0.39 is 6.10 Å². The number of aryl methyl sites for hydroxylation is 1. The quantitative estimate of drug-likeness (QED) is 0.847. The Balaban J connectivity index is 2.50. The summed E-state index contributed by atoms with van der Waals surface area (Å²) >= 11 is 5.97. The van der Waals surface area contributed by atoms with E-state index in [0.717, 1.165) is 17.1 Å². The van der Waals surface area contributed by atoms with Crippen molar-refractivity contribution in [2.75, 3.05) is 27.3 Å². The molecule has 0 aliphatic heterocycles. The van der Waals surface area contributed by atoms with E-state index in [2.05, 4.69) is 11.0 Å². The average Bonchev–Trinajstić information content (AvgIpc) is 2.23. The molecule has 0 unspecified atom stereocenters. The Labute approximate surface area is 108 Å².